The van der Waals surface area contributed by atoms with Crippen LogP contribution in [0.15, 0.2) is 23.8 Å². The zero-order valence-electron chi connectivity index (χ0n) is 21.1. The fraction of sp³-hybridized carbons (Fsp3) is 0.821. The maximum absolute atomic E-state index is 10.6. The number of hydrogen-bond acceptors (Lipinski definition) is 4. The van der Waals surface area contributed by atoms with Crippen molar-refractivity contribution in [1.82, 2.24) is 0 Å². The summed E-state index contributed by atoms with van der Waals surface area (Å²) in [6.45, 7) is 5.10. The zero-order valence-corrected chi connectivity index (χ0v) is 21.1. The van der Waals surface area contributed by atoms with Crippen molar-refractivity contribution in [1.29, 1.82) is 0 Å². The summed E-state index contributed by atoms with van der Waals surface area (Å²) in [6.07, 6.45) is 21.4. The maximum Gasteiger partial charge on any atom is 0.303 e. The van der Waals surface area contributed by atoms with E-state index in [0.717, 1.165) is 83.7 Å². The Hall–Kier alpha value is -1.17. The van der Waals surface area contributed by atoms with Crippen LogP contribution in [0, 0.1) is 11.8 Å². The number of allylic oxidation sites excluding steroid dienone is 3. The molecule has 1 saturated heterocycles. The number of carboxylic acids is 1. The highest BCUT2D eigenvalue weighted by molar-refractivity contribution is 5.66. The topological polar surface area (TPSA) is 76.0 Å². The average Bonchev–Trinajstić information content (AvgIpc) is 3.13. The molecule has 1 saturated carbocycles. The lowest BCUT2D eigenvalue weighted by Gasteiger charge is -2.27. The van der Waals surface area contributed by atoms with Crippen LogP contribution in [-0.4, -0.2) is 41.3 Å². The van der Waals surface area contributed by atoms with Gasteiger partial charge in [-0.1, -0.05) is 49.5 Å². The Kier molecular flexibility index (Phi) is 14.0. The van der Waals surface area contributed by atoms with Crippen LogP contribution in [0.4, 0.5) is 0 Å². The summed E-state index contributed by atoms with van der Waals surface area (Å²) in [6, 6.07) is 0. The molecule has 2 fully saturated rings. The second-order valence-electron chi connectivity index (χ2n) is 10.2. The molecule has 1 aliphatic carbocycles. The molecule has 1 heterocycles. The van der Waals surface area contributed by atoms with Crippen LogP contribution >= 0.6 is 0 Å². The minimum Gasteiger partial charge on any atom is -0.481 e. The predicted molar refractivity (Wildman–Crippen MR) is 133 cm³/mol. The first-order valence-electron chi connectivity index (χ1n) is 13.4. The number of hydrogen-bond donors (Lipinski definition) is 2. The Morgan fingerprint density at radius 1 is 1.06 bits per heavy atom. The lowest BCUT2D eigenvalue weighted by atomic mass is 9.88. The van der Waals surface area contributed by atoms with E-state index < -0.39 is 5.97 Å². The van der Waals surface area contributed by atoms with Gasteiger partial charge in [0.1, 0.15) is 0 Å². The molecular formula is C28H48O5. The first-order chi connectivity index (χ1) is 16.0. The largest absolute Gasteiger partial charge is 0.481 e. The van der Waals surface area contributed by atoms with E-state index in [0.29, 0.717) is 11.8 Å². The molecule has 2 N–H and O–H groups in total. The van der Waals surface area contributed by atoms with Gasteiger partial charge in [-0.2, -0.15) is 0 Å². The summed E-state index contributed by atoms with van der Waals surface area (Å²) in [4.78, 5) is 10.6. The van der Waals surface area contributed by atoms with E-state index in [1.54, 1.807) is 0 Å². The van der Waals surface area contributed by atoms with Crippen molar-refractivity contribution in [3.05, 3.63) is 23.8 Å². The van der Waals surface area contributed by atoms with Crippen molar-refractivity contribution < 1.29 is 24.5 Å². The maximum atomic E-state index is 10.6. The monoisotopic (exact) mass is 464 g/mol. The van der Waals surface area contributed by atoms with Gasteiger partial charge in [0.2, 0.25) is 0 Å². The standard InChI is InChI=1S/C28H48O5/c1-22(2)12-6-5-7-13-24(33-28-16-10-11-21-32-28)19-17-23-18-20-26(29)25(23)14-8-3-4-9-15-27(30)31/h12,17,19,23-26,28-29H,3-11,13-16,18,20-21H2,1-2H3,(H,30,31)/b19-17+/t23-,24?,25+,26-,28?/m0/s1. The molecule has 2 aliphatic rings. The molecule has 0 aromatic rings. The van der Waals surface area contributed by atoms with Gasteiger partial charge >= 0.3 is 5.97 Å². The Labute approximate surface area is 201 Å². The third-order valence-corrected chi connectivity index (χ3v) is 7.05. The van der Waals surface area contributed by atoms with Crippen LogP contribution < -0.4 is 0 Å². The van der Waals surface area contributed by atoms with Gasteiger partial charge in [-0.05, 0) is 89.9 Å². The molecule has 0 aromatic carbocycles. The molecule has 0 bridgehead atoms. The van der Waals surface area contributed by atoms with Gasteiger partial charge in [-0.25, -0.2) is 0 Å². The van der Waals surface area contributed by atoms with E-state index in [4.69, 9.17) is 14.6 Å². The molecule has 5 atom stereocenters. The van der Waals surface area contributed by atoms with Gasteiger partial charge in [-0.15, -0.1) is 0 Å². The number of aliphatic carboxylic acids is 1. The molecule has 5 nitrogen and oxygen atoms in total. The third kappa shape index (κ3) is 12.2. The van der Waals surface area contributed by atoms with Crippen LogP contribution in [0.2, 0.25) is 0 Å². The molecule has 2 rings (SSSR count). The number of carbonyl (C=O) groups is 1. The van der Waals surface area contributed by atoms with Gasteiger partial charge < -0.3 is 19.7 Å². The normalized spacial score (nSPS) is 26.5. The molecular weight excluding hydrogens is 416 g/mol. The predicted octanol–water partition coefficient (Wildman–Crippen LogP) is 6.79. The summed E-state index contributed by atoms with van der Waals surface area (Å²) >= 11 is 0. The highest BCUT2D eigenvalue weighted by Gasteiger charge is 2.33. The number of ether oxygens (including phenoxy) is 2. The van der Waals surface area contributed by atoms with E-state index >= 15 is 0 Å². The van der Waals surface area contributed by atoms with Crippen molar-refractivity contribution in [2.45, 2.75) is 129 Å². The Morgan fingerprint density at radius 3 is 2.61 bits per heavy atom. The number of aliphatic hydroxyl groups is 1. The smallest absolute Gasteiger partial charge is 0.303 e. The lowest BCUT2D eigenvalue weighted by molar-refractivity contribution is -0.179. The highest BCUT2D eigenvalue weighted by Crippen LogP contribution is 2.37. The van der Waals surface area contributed by atoms with E-state index in [1.165, 1.54) is 18.4 Å². The molecule has 0 amide bonds. The Balaban J connectivity index is 1.83. The highest BCUT2D eigenvalue weighted by atomic mass is 16.7. The molecule has 5 heteroatoms. The SMILES string of the molecule is CC(C)=CCCCCC(/C=C/[C@H]1CC[C@H](O)[C@@H]1CCCCCCC(=O)O)OC1CCCCO1. The molecule has 1 aliphatic heterocycles. The minimum absolute atomic E-state index is 0.0780. The lowest BCUT2D eigenvalue weighted by Crippen LogP contribution is -2.27. The fourth-order valence-corrected chi connectivity index (χ4v) is 5.10. The molecule has 33 heavy (non-hydrogen) atoms. The van der Waals surface area contributed by atoms with Crippen molar-refractivity contribution in [3.8, 4) is 0 Å². The summed E-state index contributed by atoms with van der Waals surface area (Å²) in [5.41, 5.74) is 1.38. The molecule has 0 radical (unpaired) electrons. The van der Waals surface area contributed by atoms with Crippen LogP contribution in [0.3, 0.4) is 0 Å². The summed E-state index contributed by atoms with van der Waals surface area (Å²) in [5.74, 6) is 0.00629. The molecule has 0 aromatic heterocycles. The minimum atomic E-state index is -0.709. The number of carboxylic acid groups (broad SMARTS) is 1. The van der Waals surface area contributed by atoms with Crippen molar-refractivity contribution in [3.63, 3.8) is 0 Å². The number of unbranched alkanes of at least 4 members (excludes halogenated alkanes) is 5. The van der Waals surface area contributed by atoms with Crippen molar-refractivity contribution in [2.24, 2.45) is 11.8 Å². The third-order valence-electron chi connectivity index (χ3n) is 7.05. The van der Waals surface area contributed by atoms with E-state index in [-0.39, 0.29) is 24.9 Å². The van der Waals surface area contributed by atoms with Crippen LogP contribution in [0.5, 0.6) is 0 Å². The van der Waals surface area contributed by atoms with Crippen LogP contribution in [0.1, 0.15) is 110 Å². The molecule has 190 valence electrons. The van der Waals surface area contributed by atoms with Crippen molar-refractivity contribution >= 4 is 5.97 Å². The fourth-order valence-electron chi connectivity index (χ4n) is 5.10. The van der Waals surface area contributed by atoms with Crippen molar-refractivity contribution in [2.75, 3.05) is 6.61 Å². The summed E-state index contributed by atoms with van der Waals surface area (Å²) in [7, 11) is 0. The first kappa shape index (κ1) is 28.1. The number of aliphatic hydroxyl groups excluding tert-OH is 1. The Morgan fingerprint density at radius 2 is 1.88 bits per heavy atom. The summed E-state index contributed by atoms with van der Waals surface area (Å²) < 4.78 is 12.2. The second kappa shape index (κ2) is 16.5. The van der Waals surface area contributed by atoms with Gasteiger partial charge in [0.25, 0.3) is 0 Å². The van der Waals surface area contributed by atoms with E-state index in [1.807, 2.05) is 0 Å². The first-order valence-corrected chi connectivity index (χ1v) is 13.4. The van der Waals surface area contributed by atoms with Gasteiger partial charge in [-0.3, -0.25) is 4.79 Å². The van der Waals surface area contributed by atoms with Crippen LogP contribution in [-0.2, 0) is 14.3 Å². The van der Waals surface area contributed by atoms with Gasteiger partial charge in [0.15, 0.2) is 6.29 Å². The second-order valence-corrected chi connectivity index (χ2v) is 10.2. The molecule has 2 unspecified atom stereocenters. The van der Waals surface area contributed by atoms with Gasteiger partial charge in [0.05, 0.1) is 12.2 Å². The Bertz CT molecular complexity index is 589. The summed E-state index contributed by atoms with van der Waals surface area (Å²) in [5, 5.41) is 19.3. The van der Waals surface area contributed by atoms with E-state index in [2.05, 4.69) is 32.1 Å². The number of rotatable bonds is 16. The van der Waals surface area contributed by atoms with E-state index in [9.17, 15) is 9.90 Å². The van der Waals surface area contributed by atoms with Crippen LogP contribution in [0.25, 0.3) is 0 Å². The molecule has 0 spiro atoms. The zero-order chi connectivity index (χ0) is 23.9. The van der Waals surface area contributed by atoms with Gasteiger partial charge in [0, 0.05) is 13.0 Å². The average molecular weight is 465 g/mol. The quantitative estimate of drug-likeness (QED) is 0.194.